The minimum atomic E-state index is -0.552. The van der Waals surface area contributed by atoms with E-state index in [1.807, 2.05) is 29.6 Å². The Balaban J connectivity index is 1.62. The quantitative estimate of drug-likeness (QED) is 0.563. The normalized spacial score (nSPS) is 24.4. The predicted molar refractivity (Wildman–Crippen MR) is 121 cm³/mol. The molecule has 0 radical (unpaired) electrons. The lowest BCUT2D eigenvalue weighted by Crippen LogP contribution is -2.50. The molecule has 0 bridgehead atoms. The van der Waals surface area contributed by atoms with E-state index in [0.717, 1.165) is 51.5 Å². The Morgan fingerprint density at radius 3 is 3.10 bits per heavy atom. The molecule has 5 rings (SSSR count). The number of methoxy groups -OCH3 is 1. The van der Waals surface area contributed by atoms with Crippen LogP contribution in [-0.2, 0) is 10.3 Å². The Bertz CT molecular complexity index is 1110. The zero-order chi connectivity index (χ0) is 20.2. The Morgan fingerprint density at radius 2 is 2.28 bits per heavy atom. The molecule has 1 fully saturated rings. The molecule has 9 heteroatoms. The summed E-state index contributed by atoms with van der Waals surface area (Å²) in [5, 5.41) is 1.80. The van der Waals surface area contributed by atoms with Gasteiger partial charge in [0.15, 0.2) is 5.44 Å². The van der Waals surface area contributed by atoms with E-state index < -0.39 is 5.54 Å². The number of ether oxygens (including phenoxy) is 2. The van der Waals surface area contributed by atoms with Crippen LogP contribution in [0, 0.1) is 0 Å². The molecule has 1 saturated heterocycles. The van der Waals surface area contributed by atoms with Gasteiger partial charge in [0.1, 0.15) is 11.3 Å². The second-order valence-electron chi connectivity index (χ2n) is 7.20. The molecule has 0 aliphatic carbocycles. The van der Waals surface area contributed by atoms with Gasteiger partial charge in [-0.15, -0.1) is 11.3 Å². The first-order valence-electron chi connectivity index (χ1n) is 9.35. The summed E-state index contributed by atoms with van der Waals surface area (Å²) in [6, 6.07) is 10.1. The number of aliphatic imine (C=N–C) groups is 1. The van der Waals surface area contributed by atoms with Crippen LogP contribution in [0.3, 0.4) is 0 Å². The van der Waals surface area contributed by atoms with Crippen molar-refractivity contribution in [3.05, 3.63) is 40.2 Å². The van der Waals surface area contributed by atoms with Gasteiger partial charge in [-0.1, -0.05) is 23.7 Å². The summed E-state index contributed by atoms with van der Waals surface area (Å²) >= 11 is 9.99. The van der Waals surface area contributed by atoms with Crippen LogP contribution in [0.4, 0.5) is 0 Å². The second kappa shape index (κ2) is 7.12. The van der Waals surface area contributed by atoms with Gasteiger partial charge in [-0.25, -0.2) is 4.99 Å². The van der Waals surface area contributed by atoms with Gasteiger partial charge >= 0.3 is 0 Å². The number of aromatic nitrogens is 1. The summed E-state index contributed by atoms with van der Waals surface area (Å²) in [7, 11) is 3.59. The van der Waals surface area contributed by atoms with Crippen molar-refractivity contribution in [2.75, 3.05) is 20.8 Å². The van der Waals surface area contributed by atoms with Crippen LogP contribution in [-0.4, -0.2) is 41.4 Å². The maximum atomic E-state index is 6.77. The van der Waals surface area contributed by atoms with Crippen molar-refractivity contribution in [2.45, 2.75) is 23.8 Å². The maximum absolute atomic E-state index is 6.77. The second-order valence-corrected chi connectivity index (χ2v) is 9.84. The molecule has 3 aromatic rings. The van der Waals surface area contributed by atoms with Gasteiger partial charge in [-0.3, -0.25) is 4.31 Å². The van der Waals surface area contributed by atoms with E-state index in [1.54, 1.807) is 30.4 Å². The number of aromatic amines is 1. The summed E-state index contributed by atoms with van der Waals surface area (Å²) in [5.74, 6) is 1.32. The van der Waals surface area contributed by atoms with Crippen molar-refractivity contribution in [3.8, 4) is 16.3 Å². The topological polar surface area (TPSA) is 75.9 Å². The van der Waals surface area contributed by atoms with Crippen LogP contribution in [0.25, 0.3) is 21.5 Å². The summed E-state index contributed by atoms with van der Waals surface area (Å²) < 4.78 is 13.4. The van der Waals surface area contributed by atoms with E-state index >= 15 is 0 Å². The van der Waals surface area contributed by atoms with E-state index in [-0.39, 0.29) is 5.44 Å². The highest BCUT2D eigenvalue weighted by Gasteiger charge is 2.50. The predicted octanol–water partition coefficient (Wildman–Crippen LogP) is 4.80. The van der Waals surface area contributed by atoms with Gasteiger partial charge in [0.05, 0.1) is 33.1 Å². The van der Waals surface area contributed by atoms with Crippen LogP contribution in [0.2, 0.25) is 5.02 Å². The Labute approximate surface area is 182 Å². The molecular formula is C20H21ClN4O2S2. The monoisotopic (exact) mass is 448 g/mol. The van der Waals surface area contributed by atoms with E-state index in [1.165, 1.54) is 0 Å². The van der Waals surface area contributed by atoms with Crippen LogP contribution in [0.1, 0.15) is 17.7 Å². The average Bonchev–Trinajstić information content (AvgIpc) is 3.32. The number of benzene rings is 1. The Morgan fingerprint density at radius 1 is 1.41 bits per heavy atom. The molecule has 3 N–H and O–H groups in total. The number of fused-ring (bicyclic) bond motifs is 2. The van der Waals surface area contributed by atoms with Gasteiger partial charge in [0.2, 0.25) is 5.96 Å². The maximum Gasteiger partial charge on any atom is 0.202 e. The Kier molecular flexibility index (Phi) is 4.70. The van der Waals surface area contributed by atoms with Crippen LogP contribution in [0.15, 0.2) is 35.3 Å². The summed E-state index contributed by atoms with van der Waals surface area (Å²) in [6.45, 7) is 0.723. The van der Waals surface area contributed by atoms with Crippen LogP contribution >= 0.6 is 34.9 Å². The van der Waals surface area contributed by atoms with Gasteiger partial charge in [-0.2, -0.15) is 0 Å². The molecule has 152 valence electrons. The van der Waals surface area contributed by atoms with E-state index in [4.69, 9.17) is 31.8 Å². The molecule has 0 amide bonds. The standard InChI is InChI=1S/C20H21ClN4O2S2/c1-25-19(22)24-20(7-4-8-27-18(20)29-25)17-12(21)10-15(28-17)13-9-11-5-3-6-14(26-2)16(11)23-13/h3,5-6,9-10,18,23H,4,7-8H2,1-2H3,(H2,22,24). The fourth-order valence-electron chi connectivity index (χ4n) is 3.99. The molecule has 1 aromatic carbocycles. The first kappa shape index (κ1) is 19.1. The number of para-hydroxylation sites is 1. The lowest BCUT2D eigenvalue weighted by molar-refractivity contribution is 0.0109. The number of nitrogens with two attached hydrogens (primary N) is 1. The number of nitrogens with zero attached hydrogens (tertiary/aromatic N) is 2. The molecule has 0 spiro atoms. The summed E-state index contributed by atoms with van der Waals surface area (Å²) in [5.41, 5.74) is 7.49. The smallest absolute Gasteiger partial charge is 0.202 e. The number of hydrogen-bond acceptors (Lipinski definition) is 7. The number of halogens is 1. The van der Waals surface area contributed by atoms with Crippen molar-refractivity contribution in [3.63, 3.8) is 0 Å². The molecule has 2 aliphatic heterocycles. The molecular weight excluding hydrogens is 428 g/mol. The molecule has 2 atom stereocenters. The third-order valence-electron chi connectivity index (χ3n) is 5.44. The van der Waals surface area contributed by atoms with Crippen molar-refractivity contribution in [1.82, 2.24) is 9.29 Å². The van der Waals surface area contributed by atoms with Gasteiger partial charge < -0.3 is 20.2 Å². The summed E-state index contributed by atoms with van der Waals surface area (Å²) in [6.07, 6.45) is 1.78. The lowest BCUT2D eigenvalue weighted by Gasteiger charge is -2.44. The highest BCUT2D eigenvalue weighted by Crippen LogP contribution is 2.53. The van der Waals surface area contributed by atoms with Crippen molar-refractivity contribution >= 4 is 51.7 Å². The molecule has 4 heterocycles. The van der Waals surface area contributed by atoms with Gasteiger partial charge in [0, 0.05) is 19.0 Å². The first-order chi connectivity index (χ1) is 14.0. The van der Waals surface area contributed by atoms with Gasteiger partial charge in [-0.05, 0) is 43.0 Å². The molecule has 29 heavy (non-hydrogen) atoms. The zero-order valence-corrected chi connectivity index (χ0v) is 18.5. The van der Waals surface area contributed by atoms with E-state index in [2.05, 4.69) is 17.1 Å². The third-order valence-corrected chi connectivity index (χ3v) is 8.40. The fourth-order valence-corrected chi connectivity index (χ4v) is 6.77. The molecule has 0 saturated carbocycles. The number of hydrogen-bond donors (Lipinski definition) is 2. The number of rotatable bonds is 3. The molecule has 2 aromatic heterocycles. The number of thiophene rings is 1. The molecule has 6 nitrogen and oxygen atoms in total. The number of nitrogens with one attached hydrogen (secondary N) is 1. The minimum Gasteiger partial charge on any atom is -0.495 e. The third kappa shape index (κ3) is 3.01. The lowest BCUT2D eigenvalue weighted by atomic mass is 9.91. The fraction of sp³-hybridized carbons (Fsp3) is 0.350. The zero-order valence-electron chi connectivity index (χ0n) is 16.1. The highest BCUT2D eigenvalue weighted by molar-refractivity contribution is 7.98. The average molecular weight is 449 g/mol. The van der Waals surface area contributed by atoms with Crippen molar-refractivity contribution in [2.24, 2.45) is 10.7 Å². The molecule has 2 aliphatic rings. The molecule has 2 unspecified atom stereocenters. The summed E-state index contributed by atoms with van der Waals surface area (Å²) in [4.78, 5) is 10.4. The van der Waals surface area contributed by atoms with Gasteiger partial charge in [0.25, 0.3) is 0 Å². The van der Waals surface area contributed by atoms with E-state index in [9.17, 15) is 0 Å². The van der Waals surface area contributed by atoms with Crippen LogP contribution in [0.5, 0.6) is 5.75 Å². The Hall–Kier alpha value is -1.87. The minimum absolute atomic E-state index is 0.139. The van der Waals surface area contributed by atoms with Crippen molar-refractivity contribution < 1.29 is 9.47 Å². The largest absolute Gasteiger partial charge is 0.495 e. The number of H-pyrrole nitrogens is 1. The highest BCUT2D eigenvalue weighted by atomic mass is 35.5. The van der Waals surface area contributed by atoms with E-state index in [0.29, 0.717) is 11.0 Å². The number of guanidine groups is 1. The van der Waals surface area contributed by atoms with Crippen molar-refractivity contribution in [1.29, 1.82) is 0 Å². The SMILES string of the molecule is COc1cccc2cc(-c3cc(Cl)c(C45CCCOC4SN(C)C(N)=N5)s3)[nH]c12. The van der Waals surface area contributed by atoms with Crippen LogP contribution < -0.4 is 10.5 Å². The first-order valence-corrected chi connectivity index (χ1v) is 11.4.